The summed E-state index contributed by atoms with van der Waals surface area (Å²) < 4.78 is 68.2. The van der Waals surface area contributed by atoms with Gasteiger partial charge >= 0.3 is 12.1 Å². The van der Waals surface area contributed by atoms with Crippen LogP contribution in [0.15, 0.2) is 18.3 Å². The van der Waals surface area contributed by atoms with E-state index in [1.165, 1.54) is 6.26 Å². The van der Waals surface area contributed by atoms with Gasteiger partial charge in [0, 0.05) is 49.3 Å². The second-order valence-corrected chi connectivity index (χ2v) is 9.15. The van der Waals surface area contributed by atoms with Crippen LogP contribution in [-0.2, 0) is 26.1 Å². The van der Waals surface area contributed by atoms with Gasteiger partial charge in [-0.2, -0.15) is 13.2 Å². The molecule has 0 radical (unpaired) electrons. The third-order valence-electron chi connectivity index (χ3n) is 4.96. The number of nitrogens with zero attached hydrogens (tertiary/aromatic N) is 2. The SMILES string of the molecule is COc1ncccc1CN1C[C@@H]2COC[C@]2(CNS(C)(=O)=O)C1.O=C(O)C(F)(F)F. The summed E-state index contributed by atoms with van der Waals surface area (Å²) in [7, 11) is -1.58. The molecule has 2 N–H and O–H groups in total. The van der Waals surface area contributed by atoms with Crippen molar-refractivity contribution in [3.63, 3.8) is 0 Å². The Morgan fingerprint density at radius 3 is 2.73 bits per heavy atom. The van der Waals surface area contributed by atoms with Crippen molar-refractivity contribution in [3.05, 3.63) is 23.9 Å². The molecule has 0 saturated carbocycles. The number of carbonyl (C=O) groups is 1. The van der Waals surface area contributed by atoms with E-state index in [0.717, 1.165) is 25.2 Å². The molecule has 13 heteroatoms. The quantitative estimate of drug-likeness (QED) is 0.645. The number of carboxylic acids is 1. The molecule has 2 fully saturated rings. The zero-order valence-electron chi connectivity index (χ0n) is 16.5. The van der Waals surface area contributed by atoms with Crippen LogP contribution >= 0.6 is 0 Å². The number of aromatic nitrogens is 1. The maximum Gasteiger partial charge on any atom is 0.490 e. The number of aliphatic carboxylic acids is 1. The number of sulfonamides is 1. The van der Waals surface area contributed by atoms with Crippen LogP contribution < -0.4 is 9.46 Å². The molecule has 3 heterocycles. The fourth-order valence-electron chi connectivity index (χ4n) is 3.56. The maximum atomic E-state index is 11.4. The highest BCUT2D eigenvalue weighted by atomic mass is 32.2. The third kappa shape index (κ3) is 6.52. The van der Waals surface area contributed by atoms with E-state index in [9.17, 15) is 21.6 Å². The Bertz CT molecular complexity index is 851. The molecule has 30 heavy (non-hydrogen) atoms. The fourth-order valence-corrected chi connectivity index (χ4v) is 4.11. The molecule has 170 valence electrons. The Morgan fingerprint density at radius 1 is 1.50 bits per heavy atom. The first-order valence-electron chi connectivity index (χ1n) is 8.89. The van der Waals surface area contributed by atoms with Gasteiger partial charge in [0.15, 0.2) is 0 Å². The molecule has 0 unspecified atom stereocenters. The van der Waals surface area contributed by atoms with Crippen LogP contribution in [0.3, 0.4) is 0 Å². The Kier molecular flexibility index (Phi) is 7.66. The zero-order valence-corrected chi connectivity index (χ0v) is 17.3. The molecular weight excluding hydrogens is 431 g/mol. The number of halogens is 3. The number of fused-ring (bicyclic) bond motifs is 1. The fraction of sp³-hybridized carbons (Fsp3) is 0.647. The van der Waals surface area contributed by atoms with Gasteiger partial charge in [-0.05, 0) is 6.07 Å². The summed E-state index contributed by atoms with van der Waals surface area (Å²) in [5.41, 5.74) is 0.903. The van der Waals surface area contributed by atoms with Crippen LogP contribution in [0.1, 0.15) is 5.56 Å². The molecule has 1 aromatic heterocycles. The lowest BCUT2D eigenvalue weighted by Gasteiger charge is -2.27. The Labute approximate surface area is 172 Å². The van der Waals surface area contributed by atoms with Crippen LogP contribution in [0.5, 0.6) is 5.88 Å². The maximum absolute atomic E-state index is 11.4. The number of hydrogen-bond acceptors (Lipinski definition) is 7. The van der Waals surface area contributed by atoms with Gasteiger partial charge < -0.3 is 14.6 Å². The largest absolute Gasteiger partial charge is 0.490 e. The first-order chi connectivity index (χ1) is 13.9. The van der Waals surface area contributed by atoms with Crippen LogP contribution in [0.25, 0.3) is 0 Å². The van der Waals surface area contributed by atoms with Gasteiger partial charge in [0.05, 0.1) is 26.6 Å². The first-order valence-corrected chi connectivity index (χ1v) is 10.8. The molecule has 0 amide bonds. The molecule has 0 aliphatic carbocycles. The Hall–Kier alpha value is -1.96. The van der Waals surface area contributed by atoms with Gasteiger partial charge in [-0.25, -0.2) is 22.9 Å². The van der Waals surface area contributed by atoms with Crippen molar-refractivity contribution in [2.45, 2.75) is 12.7 Å². The van der Waals surface area contributed by atoms with E-state index < -0.39 is 22.2 Å². The summed E-state index contributed by atoms with van der Waals surface area (Å²) in [6, 6.07) is 3.91. The Morgan fingerprint density at radius 2 is 2.17 bits per heavy atom. The minimum atomic E-state index is -5.08. The molecule has 2 atom stereocenters. The molecule has 1 aromatic rings. The second kappa shape index (κ2) is 9.45. The number of carboxylic acid groups (broad SMARTS) is 1. The monoisotopic (exact) mass is 455 g/mol. The minimum absolute atomic E-state index is 0.140. The second-order valence-electron chi connectivity index (χ2n) is 7.31. The highest BCUT2D eigenvalue weighted by molar-refractivity contribution is 7.88. The smallest absolute Gasteiger partial charge is 0.481 e. The van der Waals surface area contributed by atoms with Gasteiger partial charge in [-0.15, -0.1) is 0 Å². The predicted molar refractivity (Wildman–Crippen MR) is 99.3 cm³/mol. The average molecular weight is 455 g/mol. The lowest BCUT2D eigenvalue weighted by atomic mass is 9.81. The molecule has 2 aliphatic rings. The van der Waals surface area contributed by atoms with Gasteiger partial charge in [0.1, 0.15) is 0 Å². The van der Waals surface area contributed by atoms with E-state index >= 15 is 0 Å². The number of rotatable bonds is 6. The van der Waals surface area contributed by atoms with Crippen molar-refractivity contribution in [1.82, 2.24) is 14.6 Å². The lowest BCUT2D eigenvalue weighted by molar-refractivity contribution is -0.192. The topological polar surface area (TPSA) is 118 Å². The van der Waals surface area contributed by atoms with E-state index in [-0.39, 0.29) is 5.41 Å². The first kappa shape index (κ1) is 24.3. The lowest BCUT2D eigenvalue weighted by Crippen LogP contribution is -2.42. The normalized spacial score (nSPS) is 24.1. The molecule has 0 aromatic carbocycles. The highest BCUT2D eigenvalue weighted by Gasteiger charge is 2.50. The third-order valence-corrected chi connectivity index (χ3v) is 5.63. The van der Waals surface area contributed by atoms with Crippen molar-refractivity contribution < 1.29 is 41.0 Å². The van der Waals surface area contributed by atoms with Gasteiger partial charge in [0.25, 0.3) is 0 Å². The van der Waals surface area contributed by atoms with E-state index in [2.05, 4.69) is 14.6 Å². The molecule has 9 nitrogen and oxygen atoms in total. The summed E-state index contributed by atoms with van der Waals surface area (Å²) in [5, 5.41) is 7.12. The Balaban J connectivity index is 0.000000396. The van der Waals surface area contributed by atoms with Crippen LogP contribution in [-0.4, -0.2) is 81.8 Å². The van der Waals surface area contributed by atoms with Gasteiger partial charge in [-0.3, -0.25) is 4.90 Å². The molecule has 0 spiro atoms. The number of hydrogen-bond donors (Lipinski definition) is 2. The zero-order chi connectivity index (χ0) is 22.6. The van der Waals surface area contributed by atoms with Gasteiger partial charge in [0.2, 0.25) is 15.9 Å². The van der Waals surface area contributed by atoms with E-state index in [1.807, 2.05) is 12.1 Å². The van der Waals surface area contributed by atoms with E-state index in [0.29, 0.717) is 31.6 Å². The molecule has 3 rings (SSSR count). The van der Waals surface area contributed by atoms with Gasteiger partial charge in [-0.1, -0.05) is 6.07 Å². The van der Waals surface area contributed by atoms with E-state index in [1.54, 1.807) is 13.3 Å². The van der Waals surface area contributed by atoms with E-state index in [4.69, 9.17) is 19.4 Å². The van der Waals surface area contributed by atoms with Crippen LogP contribution in [0.2, 0.25) is 0 Å². The minimum Gasteiger partial charge on any atom is -0.481 e. The van der Waals surface area contributed by atoms with Crippen molar-refractivity contribution in [2.75, 3.05) is 46.2 Å². The summed E-state index contributed by atoms with van der Waals surface area (Å²) in [6.45, 7) is 4.15. The highest BCUT2D eigenvalue weighted by Crippen LogP contribution is 2.41. The summed E-state index contributed by atoms with van der Waals surface area (Å²) >= 11 is 0. The van der Waals surface area contributed by atoms with Crippen LogP contribution in [0, 0.1) is 11.3 Å². The molecule has 2 aliphatic heterocycles. The molecular formula is C17H24F3N3O6S. The average Bonchev–Trinajstić information content (AvgIpc) is 3.16. The summed E-state index contributed by atoms with van der Waals surface area (Å²) in [4.78, 5) is 15.5. The van der Waals surface area contributed by atoms with Crippen molar-refractivity contribution in [1.29, 1.82) is 0 Å². The predicted octanol–water partition coefficient (Wildman–Crippen LogP) is 0.721. The summed E-state index contributed by atoms with van der Waals surface area (Å²) in [5.74, 6) is -1.77. The number of nitrogens with one attached hydrogen (secondary N) is 1. The molecule has 2 saturated heterocycles. The number of ether oxygens (including phenoxy) is 2. The number of likely N-dealkylation sites (tertiary alicyclic amines) is 1. The number of pyridine rings is 1. The standard InChI is InChI=1S/C15H23N3O4S.C2HF3O2/c1-21-14-12(4-3-5-16-14)6-18-7-13-8-22-11-15(13,10-18)9-17-23(2,19)20;3-2(4,5)1(6)7/h3-5,13,17H,6-11H2,1-2H3;(H,6,7)/t13-,15+;/m1./s1. The van der Waals surface area contributed by atoms with Crippen molar-refractivity contribution in [2.24, 2.45) is 11.3 Å². The number of alkyl halides is 3. The van der Waals surface area contributed by atoms with Crippen molar-refractivity contribution >= 4 is 16.0 Å². The van der Waals surface area contributed by atoms with Crippen LogP contribution in [0.4, 0.5) is 13.2 Å². The van der Waals surface area contributed by atoms with Crippen molar-refractivity contribution in [3.8, 4) is 5.88 Å². The number of methoxy groups -OCH3 is 1. The molecule has 0 bridgehead atoms. The summed E-state index contributed by atoms with van der Waals surface area (Å²) in [6.07, 6.45) is -2.17.